The summed E-state index contributed by atoms with van der Waals surface area (Å²) >= 11 is 12.6. The van der Waals surface area contributed by atoms with Crippen molar-refractivity contribution in [2.24, 2.45) is 11.7 Å². The molecule has 2 nitrogen and oxygen atoms in total. The van der Waals surface area contributed by atoms with Crippen molar-refractivity contribution in [3.8, 4) is 0 Å². The van der Waals surface area contributed by atoms with Gasteiger partial charge in [0.2, 0.25) is 0 Å². The number of likely N-dealkylation sites (tertiary alicyclic amines) is 1. The molecule has 1 aliphatic heterocycles. The minimum absolute atomic E-state index is 0.345. The molecule has 2 N–H and O–H groups in total. The lowest BCUT2D eigenvalue weighted by atomic mass is 9.84. The van der Waals surface area contributed by atoms with Crippen molar-refractivity contribution in [3.05, 3.63) is 33.8 Å². The molecule has 0 spiro atoms. The fourth-order valence-corrected chi connectivity index (χ4v) is 3.77. The van der Waals surface area contributed by atoms with E-state index in [1.165, 1.54) is 25.7 Å². The van der Waals surface area contributed by atoms with E-state index >= 15 is 0 Å². The van der Waals surface area contributed by atoms with E-state index in [0.29, 0.717) is 22.0 Å². The van der Waals surface area contributed by atoms with E-state index in [0.717, 1.165) is 24.7 Å². The Morgan fingerprint density at radius 3 is 2.68 bits per heavy atom. The zero-order valence-corrected chi connectivity index (χ0v) is 12.5. The summed E-state index contributed by atoms with van der Waals surface area (Å²) in [6, 6.07) is 7.04. The topological polar surface area (TPSA) is 29.3 Å². The van der Waals surface area contributed by atoms with Gasteiger partial charge in [0.1, 0.15) is 0 Å². The molecule has 3 rings (SSSR count). The Morgan fingerprint density at radius 1 is 1.21 bits per heavy atom. The number of hydrogen-bond donors (Lipinski definition) is 1. The highest BCUT2D eigenvalue weighted by molar-refractivity contribution is 6.42. The van der Waals surface area contributed by atoms with E-state index in [-0.39, 0.29) is 0 Å². The first-order valence-electron chi connectivity index (χ1n) is 7.12. The molecule has 0 amide bonds. The molecule has 2 fully saturated rings. The third-order valence-electron chi connectivity index (χ3n) is 4.41. The quantitative estimate of drug-likeness (QED) is 0.918. The summed E-state index contributed by atoms with van der Waals surface area (Å²) in [5, 5.41) is 1.36. The second-order valence-corrected chi connectivity index (χ2v) is 6.48. The lowest BCUT2D eigenvalue weighted by Gasteiger charge is -2.42. The van der Waals surface area contributed by atoms with Crippen LogP contribution in [0.15, 0.2) is 18.2 Å². The van der Waals surface area contributed by atoms with Crippen molar-refractivity contribution in [1.82, 2.24) is 4.90 Å². The molecule has 1 saturated carbocycles. The number of piperidine rings is 1. The van der Waals surface area contributed by atoms with Crippen LogP contribution in [0.3, 0.4) is 0 Å². The normalized spacial score (nSPS) is 28.6. The van der Waals surface area contributed by atoms with Gasteiger partial charge in [-0.2, -0.15) is 0 Å². The number of nitrogens with zero attached hydrogens (tertiary/aromatic N) is 1. The van der Waals surface area contributed by atoms with E-state index in [4.69, 9.17) is 28.9 Å². The molecule has 1 aliphatic carbocycles. The number of hydrogen-bond acceptors (Lipinski definition) is 2. The molecule has 0 radical (unpaired) electrons. The standard InChI is InChI=1S/C15H20Cl2N2/c16-13-5-1-4-12(14(13)17)15-10(9-18)3-2-8-19(15)11-6-7-11/h1,4-5,10-11,15H,2-3,6-9,18H2. The Kier molecular flexibility index (Phi) is 4.04. The maximum absolute atomic E-state index is 6.44. The fourth-order valence-electron chi connectivity index (χ4n) is 3.35. The molecule has 2 unspecified atom stereocenters. The van der Waals surface area contributed by atoms with Gasteiger partial charge in [-0.15, -0.1) is 0 Å². The minimum atomic E-state index is 0.345. The third kappa shape index (κ3) is 2.64. The Morgan fingerprint density at radius 2 is 2.00 bits per heavy atom. The van der Waals surface area contributed by atoms with Crippen molar-refractivity contribution in [2.75, 3.05) is 13.1 Å². The summed E-state index contributed by atoms with van der Waals surface area (Å²) in [6.07, 6.45) is 5.05. The van der Waals surface area contributed by atoms with E-state index in [2.05, 4.69) is 11.0 Å². The molecular weight excluding hydrogens is 279 g/mol. The Hall–Kier alpha value is -0.280. The first-order valence-corrected chi connectivity index (χ1v) is 7.87. The van der Waals surface area contributed by atoms with Crippen LogP contribution in [-0.4, -0.2) is 24.0 Å². The second-order valence-electron chi connectivity index (χ2n) is 5.69. The van der Waals surface area contributed by atoms with Crippen LogP contribution in [0.25, 0.3) is 0 Å². The maximum atomic E-state index is 6.44. The van der Waals surface area contributed by atoms with Crippen molar-refractivity contribution >= 4 is 23.2 Å². The van der Waals surface area contributed by atoms with Crippen LogP contribution in [0.1, 0.15) is 37.3 Å². The number of nitrogens with two attached hydrogens (primary N) is 1. The zero-order valence-electron chi connectivity index (χ0n) is 11.0. The second kappa shape index (κ2) is 5.61. The van der Waals surface area contributed by atoms with E-state index < -0.39 is 0 Å². The van der Waals surface area contributed by atoms with Crippen molar-refractivity contribution in [3.63, 3.8) is 0 Å². The SMILES string of the molecule is NCC1CCCN(C2CC2)C1c1cccc(Cl)c1Cl. The molecule has 19 heavy (non-hydrogen) atoms. The van der Waals surface area contributed by atoms with E-state index in [9.17, 15) is 0 Å². The summed E-state index contributed by atoms with van der Waals surface area (Å²) in [5.74, 6) is 0.491. The molecule has 4 heteroatoms. The molecule has 1 heterocycles. The maximum Gasteiger partial charge on any atom is 0.0640 e. The molecule has 1 aromatic carbocycles. The molecule has 2 aliphatic rings. The number of benzene rings is 1. The van der Waals surface area contributed by atoms with Crippen molar-refractivity contribution in [2.45, 2.75) is 37.8 Å². The van der Waals surface area contributed by atoms with Crippen LogP contribution in [0.4, 0.5) is 0 Å². The molecule has 1 aromatic rings. The van der Waals surface area contributed by atoms with Gasteiger partial charge in [-0.1, -0.05) is 35.3 Å². The molecule has 1 saturated heterocycles. The lowest BCUT2D eigenvalue weighted by molar-refractivity contribution is 0.0880. The third-order valence-corrected chi connectivity index (χ3v) is 5.25. The van der Waals surface area contributed by atoms with E-state index in [1.54, 1.807) is 0 Å². The minimum Gasteiger partial charge on any atom is -0.330 e. The van der Waals surface area contributed by atoms with Crippen LogP contribution in [0.2, 0.25) is 10.0 Å². The summed E-state index contributed by atoms with van der Waals surface area (Å²) in [5.41, 5.74) is 7.16. The van der Waals surface area contributed by atoms with Gasteiger partial charge in [-0.05, 0) is 56.3 Å². The molecule has 104 valence electrons. The van der Waals surface area contributed by atoms with Gasteiger partial charge >= 0.3 is 0 Å². The Labute approximate surface area is 124 Å². The van der Waals surface area contributed by atoms with Crippen LogP contribution in [0, 0.1) is 5.92 Å². The van der Waals surface area contributed by atoms with Gasteiger partial charge < -0.3 is 5.73 Å². The van der Waals surface area contributed by atoms with Crippen molar-refractivity contribution in [1.29, 1.82) is 0 Å². The highest BCUT2D eigenvalue weighted by Gasteiger charge is 2.40. The van der Waals surface area contributed by atoms with Gasteiger partial charge in [0.25, 0.3) is 0 Å². The summed E-state index contributed by atoms with van der Waals surface area (Å²) in [4.78, 5) is 2.61. The highest BCUT2D eigenvalue weighted by atomic mass is 35.5. The van der Waals surface area contributed by atoms with Crippen LogP contribution in [-0.2, 0) is 0 Å². The average Bonchev–Trinajstić information content (AvgIpc) is 3.25. The average molecular weight is 299 g/mol. The number of halogens is 2. The van der Waals surface area contributed by atoms with Crippen LogP contribution < -0.4 is 5.73 Å². The predicted octanol–water partition coefficient (Wildman–Crippen LogP) is 3.87. The molecular formula is C15H20Cl2N2. The molecule has 0 aromatic heterocycles. The molecule has 2 atom stereocenters. The van der Waals surface area contributed by atoms with Gasteiger partial charge in [0, 0.05) is 12.1 Å². The summed E-state index contributed by atoms with van der Waals surface area (Å²) < 4.78 is 0. The van der Waals surface area contributed by atoms with Crippen LogP contribution >= 0.6 is 23.2 Å². The van der Waals surface area contributed by atoms with Gasteiger partial charge in [-0.25, -0.2) is 0 Å². The van der Waals surface area contributed by atoms with Crippen LogP contribution in [0.5, 0.6) is 0 Å². The van der Waals surface area contributed by atoms with Crippen molar-refractivity contribution < 1.29 is 0 Å². The fraction of sp³-hybridized carbons (Fsp3) is 0.600. The highest BCUT2D eigenvalue weighted by Crippen LogP contribution is 2.45. The smallest absolute Gasteiger partial charge is 0.0640 e. The first kappa shape index (κ1) is 13.7. The lowest BCUT2D eigenvalue weighted by Crippen LogP contribution is -2.42. The first-order chi connectivity index (χ1) is 9.22. The summed E-state index contributed by atoms with van der Waals surface area (Å²) in [7, 11) is 0. The molecule has 0 bridgehead atoms. The largest absolute Gasteiger partial charge is 0.330 e. The zero-order chi connectivity index (χ0) is 13.4. The van der Waals surface area contributed by atoms with E-state index in [1.807, 2.05) is 12.1 Å². The predicted molar refractivity (Wildman–Crippen MR) is 80.7 cm³/mol. The van der Waals surface area contributed by atoms with Gasteiger partial charge in [0.05, 0.1) is 10.0 Å². The van der Waals surface area contributed by atoms with Gasteiger partial charge in [0.15, 0.2) is 0 Å². The number of rotatable bonds is 3. The Balaban J connectivity index is 1.98. The Bertz CT molecular complexity index is 459. The monoisotopic (exact) mass is 298 g/mol. The van der Waals surface area contributed by atoms with Gasteiger partial charge in [-0.3, -0.25) is 4.90 Å². The summed E-state index contributed by atoms with van der Waals surface area (Å²) in [6.45, 7) is 1.88.